The van der Waals surface area contributed by atoms with Gasteiger partial charge in [-0.15, -0.1) is 0 Å². The van der Waals surface area contributed by atoms with Gasteiger partial charge in [0.2, 0.25) is 0 Å². The van der Waals surface area contributed by atoms with E-state index in [1.807, 2.05) is 0 Å². The van der Waals surface area contributed by atoms with E-state index in [2.05, 4.69) is 4.65 Å². The second kappa shape index (κ2) is 3.42. The molecule has 1 aromatic carbocycles. The van der Waals surface area contributed by atoms with Crippen LogP contribution in [0.1, 0.15) is 0 Å². The number of anilines is 1. The summed E-state index contributed by atoms with van der Waals surface area (Å²) in [6.45, 7) is 0. The smallest absolute Gasteiger partial charge is 0.512 e. The van der Waals surface area contributed by atoms with Crippen molar-refractivity contribution < 1.29 is 19.1 Å². The first-order chi connectivity index (χ1) is 5.58. The van der Waals surface area contributed by atoms with Gasteiger partial charge in [-0.05, 0) is 6.07 Å². The third-order valence-electron chi connectivity index (χ3n) is 1.14. The molecule has 4 nitrogen and oxygen atoms in total. The van der Waals surface area contributed by atoms with Crippen LogP contribution < -0.4 is 10.4 Å². The van der Waals surface area contributed by atoms with E-state index in [4.69, 9.17) is 15.8 Å². The van der Waals surface area contributed by atoms with Crippen LogP contribution in [0.2, 0.25) is 0 Å². The fraction of sp³-hybridized carbons (Fsp3) is 0. The molecule has 4 N–H and O–H groups in total. The Morgan fingerprint density at radius 3 is 2.50 bits per heavy atom. The predicted molar refractivity (Wildman–Crippen MR) is 41.6 cm³/mol. The van der Waals surface area contributed by atoms with Crippen LogP contribution in [0.3, 0.4) is 0 Å². The van der Waals surface area contributed by atoms with Gasteiger partial charge < -0.3 is 20.4 Å². The SMILES string of the molecule is Nc1cc(F)cc(OB(O)O)c1. The van der Waals surface area contributed by atoms with Crippen molar-refractivity contribution in [2.24, 2.45) is 0 Å². The zero-order valence-electron chi connectivity index (χ0n) is 6.07. The third kappa shape index (κ3) is 2.41. The van der Waals surface area contributed by atoms with Crippen LogP contribution in [-0.2, 0) is 0 Å². The molecule has 0 unspecified atom stereocenters. The van der Waals surface area contributed by atoms with Gasteiger partial charge in [0.05, 0.1) is 0 Å². The Morgan fingerprint density at radius 2 is 2.00 bits per heavy atom. The lowest BCUT2D eigenvalue weighted by molar-refractivity contribution is 0.288. The van der Waals surface area contributed by atoms with Crippen LogP contribution in [0.25, 0.3) is 0 Å². The molecular formula is C6H7BFNO3. The molecule has 12 heavy (non-hydrogen) atoms. The third-order valence-corrected chi connectivity index (χ3v) is 1.14. The lowest BCUT2D eigenvalue weighted by Crippen LogP contribution is -2.20. The Balaban J connectivity index is 2.85. The van der Waals surface area contributed by atoms with E-state index >= 15 is 0 Å². The van der Waals surface area contributed by atoms with Gasteiger partial charge in [0.15, 0.2) is 0 Å². The quantitative estimate of drug-likeness (QED) is 0.423. The fourth-order valence-electron chi connectivity index (χ4n) is 0.774. The number of rotatable bonds is 2. The van der Waals surface area contributed by atoms with Gasteiger partial charge in [-0.2, -0.15) is 0 Å². The van der Waals surface area contributed by atoms with Crippen LogP contribution in [0.15, 0.2) is 18.2 Å². The van der Waals surface area contributed by atoms with Gasteiger partial charge in [0.25, 0.3) is 0 Å². The largest absolute Gasteiger partial charge is 0.707 e. The Bertz CT molecular complexity index is 261. The summed E-state index contributed by atoms with van der Waals surface area (Å²) in [5.41, 5.74) is 5.41. The molecule has 0 fully saturated rings. The van der Waals surface area contributed by atoms with Crippen molar-refractivity contribution in [1.29, 1.82) is 0 Å². The van der Waals surface area contributed by atoms with E-state index in [-0.39, 0.29) is 11.4 Å². The molecule has 0 spiro atoms. The summed E-state index contributed by atoms with van der Waals surface area (Å²) in [6.07, 6.45) is 0. The van der Waals surface area contributed by atoms with Crippen molar-refractivity contribution >= 4 is 13.0 Å². The minimum Gasteiger partial charge on any atom is -0.512 e. The number of benzene rings is 1. The number of hydrogen-bond acceptors (Lipinski definition) is 4. The second-order valence-electron chi connectivity index (χ2n) is 2.16. The van der Waals surface area contributed by atoms with Gasteiger partial charge in [-0.25, -0.2) is 4.39 Å². The molecular weight excluding hydrogens is 164 g/mol. The molecule has 0 bridgehead atoms. The van der Waals surface area contributed by atoms with Crippen LogP contribution >= 0.6 is 0 Å². The molecule has 0 atom stereocenters. The maximum atomic E-state index is 12.6. The average molecular weight is 171 g/mol. The lowest BCUT2D eigenvalue weighted by Gasteiger charge is -2.04. The molecule has 1 aromatic rings. The zero-order valence-corrected chi connectivity index (χ0v) is 6.07. The minimum absolute atomic E-state index is 0.0255. The highest BCUT2D eigenvalue weighted by atomic mass is 19.1. The summed E-state index contributed by atoms with van der Waals surface area (Å²) in [5.74, 6) is -0.617. The highest BCUT2D eigenvalue weighted by molar-refractivity contribution is 6.33. The van der Waals surface area contributed by atoms with Crippen molar-refractivity contribution in [2.75, 3.05) is 5.73 Å². The van der Waals surface area contributed by atoms with E-state index in [0.29, 0.717) is 0 Å². The van der Waals surface area contributed by atoms with Gasteiger partial charge in [0.1, 0.15) is 11.6 Å². The van der Waals surface area contributed by atoms with Crippen molar-refractivity contribution in [3.05, 3.63) is 24.0 Å². The minimum atomic E-state index is -1.97. The van der Waals surface area contributed by atoms with Crippen LogP contribution in [0.4, 0.5) is 10.1 Å². The number of hydrogen-bond donors (Lipinski definition) is 3. The van der Waals surface area contributed by atoms with E-state index in [1.54, 1.807) is 0 Å². The normalized spacial score (nSPS) is 9.58. The summed E-state index contributed by atoms with van der Waals surface area (Å²) in [6, 6.07) is 3.37. The molecule has 6 heteroatoms. The van der Waals surface area contributed by atoms with E-state index in [1.165, 1.54) is 6.07 Å². The van der Waals surface area contributed by atoms with Gasteiger partial charge in [-0.3, -0.25) is 0 Å². The van der Waals surface area contributed by atoms with Crippen molar-refractivity contribution in [3.63, 3.8) is 0 Å². The van der Waals surface area contributed by atoms with E-state index in [0.717, 1.165) is 12.1 Å². The first-order valence-corrected chi connectivity index (χ1v) is 3.17. The molecule has 0 aromatic heterocycles. The Kier molecular flexibility index (Phi) is 2.52. The van der Waals surface area contributed by atoms with Gasteiger partial charge in [-0.1, -0.05) is 0 Å². The highest BCUT2D eigenvalue weighted by Crippen LogP contribution is 2.17. The van der Waals surface area contributed by atoms with E-state index < -0.39 is 13.1 Å². The summed E-state index contributed by atoms with van der Waals surface area (Å²) in [5, 5.41) is 16.7. The summed E-state index contributed by atoms with van der Waals surface area (Å²) in [4.78, 5) is 0. The molecule has 0 amide bonds. The lowest BCUT2D eigenvalue weighted by atomic mass is 10.2. The molecule has 0 aliphatic rings. The Labute approximate surface area is 68.6 Å². The zero-order chi connectivity index (χ0) is 9.14. The van der Waals surface area contributed by atoms with Gasteiger partial charge in [0, 0.05) is 17.8 Å². The van der Waals surface area contributed by atoms with Gasteiger partial charge >= 0.3 is 7.32 Å². The first-order valence-electron chi connectivity index (χ1n) is 3.17. The molecule has 0 heterocycles. The molecule has 0 aliphatic heterocycles. The molecule has 0 aliphatic carbocycles. The number of halogens is 1. The number of nitrogens with two attached hydrogens (primary N) is 1. The number of nitrogen functional groups attached to an aromatic ring is 1. The summed E-state index contributed by atoms with van der Waals surface area (Å²) < 4.78 is 16.9. The maximum absolute atomic E-state index is 12.6. The predicted octanol–water partition coefficient (Wildman–Crippen LogP) is -0.244. The highest BCUT2D eigenvalue weighted by Gasteiger charge is 2.11. The molecule has 1 rings (SSSR count). The molecule has 0 radical (unpaired) electrons. The standard InChI is InChI=1S/C6H7BFNO3/c8-4-1-5(9)3-6(2-4)12-7(10)11/h1-3,10-11H,9H2. The monoisotopic (exact) mass is 171 g/mol. The Hall–Kier alpha value is -1.27. The Morgan fingerprint density at radius 1 is 1.33 bits per heavy atom. The van der Waals surface area contributed by atoms with Crippen molar-refractivity contribution in [2.45, 2.75) is 0 Å². The topological polar surface area (TPSA) is 75.7 Å². The van der Waals surface area contributed by atoms with Crippen molar-refractivity contribution in [3.8, 4) is 5.75 Å². The summed E-state index contributed by atoms with van der Waals surface area (Å²) in [7, 11) is -1.97. The first kappa shape index (κ1) is 8.83. The molecule has 0 saturated heterocycles. The maximum Gasteiger partial charge on any atom is 0.707 e. The van der Waals surface area contributed by atoms with Crippen molar-refractivity contribution in [1.82, 2.24) is 0 Å². The average Bonchev–Trinajstić information content (AvgIpc) is 1.81. The molecule has 0 saturated carbocycles. The van der Waals surface area contributed by atoms with Crippen LogP contribution in [0, 0.1) is 5.82 Å². The fourth-order valence-corrected chi connectivity index (χ4v) is 0.774. The van der Waals surface area contributed by atoms with E-state index in [9.17, 15) is 4.39 Å². The van der Waals surface area contributed by atoms with Crippen LogP contribution in [0.5, 0.6) is 5.75 Å². The summed E-state index contributed by atoms with van der Waals surface area (Å²) >= 11 is 0. The molecule has 64 valence electrons. The second-order valence-corrected chi connectivity index (χ2v) is 2.16. The van der Waals surface area contributed by atoms with Crippen LogP contribution in [-0.4, -0.2) is 17.4 Å².